The van der Waals surface area contributed by atoms with Gasteiger partial charge in [-0.25, -0.2) is 4.98 Å². The number of piperidine rings is 3. The molecule has 2 bridgehead atoms. The Morgan fingerprint density at radius 3 is 2.81 bits per heavy atom. The number of carbonyl (C=O) groups excluding carboxylic acids is 1. The summed E-state index contributed by atoms with van der Waals surface area (Å²) >= 11 is 5.88. The molecule has 21 heavy (non-hydrogen) atoms. The standard InChI is InChI=1S/C15H17ClN4O/c16-13-9-20-7-11(1-2-14(20)18-13)15(21)17-12-8-19-5-3-10(12)4-6-19/h1-2,7,9-10,12H,3-6,8H2,(H,17,21)/t12-/m0/s1. The van der Waals surface area contributed by atoms with Gasteiger partial charge >= 0.3 is 0 Å². The van der Waals surface area contributed by atoms with Crippen molar-refractivity contribution in [2.45, 2.75) is 18.9 Å². The van der Waals surface area contributed by atoms with Crippen molar-refractivity contribution in [1.82, 2.24) is 19.6 Å². The van der Waals surface area contributed by atoms with E-state index in [1.54, 1.807) is 22.9 Å². The van der Waals surface area contributed by atoms with Crippen LogP contribution in [-0.4, -0.2) is 45.9 Å². The van der Waals surface area contributed by atoms with Gasteiger partial charge in [0.1, 0.15) is 10.8 Å². The summed E-state index contributed by atoms with van der Waals surface area (Å²) in [6.45, 7) is 3.34. The highest BCUT2D eigenvalue weighted by atomic mass is 35.5. The Balaban J connectivity index is 1.53. The van der Waals surface area contributed by atoms with Crippen molar-refractivity contribution in [3.63, 3.8) is 0 Å². The highest BCUT2D eigenvalue weighted by Gasteiger charge is 2.34. The third-order valence-electron chi connectivity index (χ3n) is 4.66. The number of amides is 1. The molecule has 0 aliphatic carbocycles. The lowest BCUT2D eigenvalue weighted by Crippen LogP contribution is -2.57. The molecule has 3 aliphatic rings. The van der Waals surface area contributed by atoms with Crippen molar-refractivity contribution in [3.05, 3.63) is 35.2 Å². The minimum atomic E-state index is -0.0135. The minimum absolute atomic E-state index is 0.0135. The molecule has 2 aromatic heterocycles. The Hall–Kier alpha value is -1.59. The molecule has 0 unspecified atom stereocenters. The molecule has 6 heteroatoms. The Morgan fingerprint density at radius 1 is 1.29 bits per heavy atom. The molecule has 0 radical (unpaired) electrons. The highest BCUT2D eigenvalue weighted by Crippen LogP contribution is 2.27. The van der Waals surface area contributed by atoms with Crippen molar-refractivity contribution in [2.75, 3.05) is 19.6 Å². The van der Waals surface area contributed by atoms with Gasteiger partial charge in [0.15, 0.2) is 0 Å². The fourth-order valence-electron chi connectivity index (χ4n) is 3.48. The number of fused-ring (bicyclic) bond motifs is 4. The minimum Gasteiger partial charge on any atom is -0.348 e. The van der Waals surface area contributed by atoms with E-state index in [0.29, 0.717) is 16.6 Å². The van der Waals surface area contributed by atoms with Crippen LogP contribution < -0.4 is 5.32 Å². The molecule has 0 spiro atoms. The van der Waals surface area contributed by atoms with Crippen LogP contribution >= 0.6 is 11.6 Å². The van der Waals surface area contributed by atoms with Gasteiger partial charge in [-0.1, -0.05) is 11.6 Å². The fraction of sp³-hybridized carbons (Fsp3) is 0.467. The van der Waals surface area contributed by atoms with Crippen LogP contribution in [0.1, 0.15) is 23.2 Å². The number of pyridine rings is 1. The highest BCUT2D eigenvalue weighted by molar-refractivity contribution is 6.29. The summed E-state index contributed by atoms with van der Waals surface area (Å²) in [5, 5.41) is 3.63. The molecular formula is C15H17ClN4O. The van der Waals surface area contributed by atoms with Crippen LogP contribution in [0.25, 0.3) is 5.65 Å². The van der Waals surface area contributed by atoms with E-state index in [-0.39, 0.29) is 11.9 Å². The Bertz CT molecular complexity index is 690. The average molecular weight is 305 g/mol. The van der Waals surface area contributed by atoms with Crippen molar-refractivity contribution < 1.29 is 4.79 Å². The Kier molecular flexibility index (Phi) is 3.12. The lowest BCUT2D eigenvalue weighted by atomic mass is 9.84. The smallest absolute Gasteiger partial charge is 0.253 e. The van der Waals surface area contributed by atoms with E-state index < -0.39 is 0 Å². The van der Waals surface area contributed by atoms with E-state index in [2.05, 4.69) is 15.2 Å². The van der Waals surface area contributed by atoms with Gasteiger partial charge in [0.2, 0.25) is 0 Å². The summed E-state index contributed by atoms with van der Waals surface area (Å²) in [6.07, 6.45) is 5.88. The second kappa shape index (κ2) is 5.00. The lowest BCUT2D eigenvalue weighted by molar-refractivity contribution is 0.0620. The van der Waals surface area contributed by atoms with Gasteiger partial charge in [-0.05, 0) is 44.0 Å². The summed E-state index contributed by atoms with van der Waals surface area (Å²) in [5.74, 6) is 0.617. The number of hydrogen-bond donors (Lipinski definition) is 1. The van der Waals surface area contributed by atoms with E-state index in [1.165, 1.54) is 25.9 Å². The monoisotopic (exact) mass is 304 g/mol. The van der Waals surface area contributed by atoms with E-state index in [1.807, 2.05) is 6.07 Å². The van der Waals surface area contributed by atoms with Crippen LogP contribution in [0.5, 0.6) is 0 Å². The van der Waals surface area contributed by atoms with Crippen LogP contribution in [0, 0.1) is 5.92 Å². The fourth-order valence-corrected chi connectivity index (χ4v) is 3.67. The van der Waals surface area contributed by atoms with Crippen LogP contribution in [0.4, 0.5) is 0 Å². The first-order valence-corrected chi connectivity index (χ1v) is 7.74. The molecular weight excluding hydrogens is 288 g/mol. The predicted molar refractivity (Wildman–Crippen MR) is 80.6 cm³/mol. The van der Waals surface area contributed by atoms with E-state index >= 15 is 0 Å². The number of halogens is 1. The van der Waals surface area contributed by atoms with Crippen LogP contribution in [0.2, 0.25) is 5.15 Å². The SMILES string of the molecule is O=C(N[C@H]1CN2CCC1CC2)c1ccc2nc(Cl)cn2c1. The molecule has 3 aliphatic heterocycles. The molecule has 1 amide bonds. The number of nitrogens with one attached hydrogen (secondary N) is 1. The summed E-state index contributed by atoms with van der Waals surface area (Å²) < 4.78 is 1.79. The molecule has 0 saturated carbocycles. The van der Waals surface area contributed by atoms with Crippen LogP contribution in [-0.2, 0) is 0 Å². The van der Waals surface area contributed by atoms with Crippen molar-refractivity contribution in [3.8, 4) is 0 Å². The molecule has 1 N–H and O–H groups in total. The number of hydrogen-bond acceptors (Lipinski definition) is 3. The maximum Gasteiger partial charge on any atom is 0.253 e. The lowest BCUT2D eigenvalue weighted by Gasteiger charge is -2.44. The van der Waals surface area contributed by atoms with Gasteiger partial charge in [0, 0.05) is 25.0 Å². The van der Waals surface area contributed by atoms with Gasteiger partial charge in [0.05, 0.1) is 5.56 Å². The van der Waals surface area contributed by atoms with E-state index in [0.717, 1.165) is 12.2 Å². The number of nitrogens with zero attached hydrogens (tertiary/aromatic N) is 3. The summed E-state index contributed by atoms with van der Waals surface area (Å²) in [5.41, 5.74) is 1.40. The third kappa shape index (κ3) is 2.40. The van der Waals surface area contributed by atoms with Gasteiger partial charge in [0.25, 0.3) is 5.91 Å². The Morgan fingerprint density at radius 2 is 2.10 bits per heavy atom. The number of imidazole rings is 1. The average Bonchev–Trinajstić information content (AvgIpc) is 2.87. The van der Waals surface area contributed by atoms with Crippen LogP contribution in [0.15, 0.2) is 24.5 Å². The molecule has 1 atom stereocenters. The quantitative estimate of drug-likeness (QED) is 0.920. The van der Waals surface area contributed by atoms with Gasteiger partial charge < -0.3 is 14.6 Å². The maximum atomic E-state index is 12.4. The van der Waals surface area contributed by atoms with Crippen molar-refractivity contribution >= 4 is 23.2 Å². The van der Waals surface area contributed by atoms with E-state index in [9.17, 15) is 4.79 Å². The first-order chi connectivity index (χ1) is 10.2. The first-order valence-electron chi connectivity index (χ1n) is 7.36. The zero-order chi connectivity index (χ0) is 14.4. The first kappa shape index (κ1) is 13.1. The topological polar surface area (TPSA) is 49.6 Å². The largest absolute Gasteiger partial charge is 0.348 e. The molecule has 3 fully saturated rings. The number of rotatable bonds is 2. The summed E-state index contributed by atoms with van der Waals surface area (Å²) in [6, 6.07) is 3.90. The molecule has 2 aromatic rings. The van der Waals surface area contributed by atoms with Gasteiger partial charge in [-0.15, -0.1) is 0 Å². The van der Waals surface area contributed by atoms with Gasteiger partial charge in [-0.3, -0.25) is 4.79 Å². The molecule has 110 valence electrons. The normalized spacial score (nSPS) is 28.0. The molecule has 5 rings (SSSR count). The van der Waals surface area contributed by atoms with Crippen molar-refractivity contribution in [1.29, 1.82) is 0 Å². The second-order valence-corrected chi connectivity index (χ2v) is 6.35. The Labute approximate surface area is 127 Å². The molecule has 5 heterocycles. The third-order valence-corrected chi connectivity index (χ3v) is 4.84. The van der Waals surface area contributed by atoms with Crippen molar-refractivity contribution in [2.24, 2.45) is 5.92 Å². The maximum absolute atomic E-state index is 12.4. The molecule has 0 aromatic carbocycles. The second-order valence-electron chi connectivity index (χ2n) is 5.96. The van der Waals surface area contributed by atoms with Crippen LogP contribution in [0.3, 0.4) is 0 Å². The van der Waals surface area contributed by atoms with Gasteiger partial charge in [-0.2, -0.15) is 0 Å². The number of carbonyl (C=O) groups is 1. The predicted octanol–water partition coefficient (Wildman–Crippen LogP) is 1.81. The molecule has 3 saturated heterocycles. The van der Waals surface area contributed by atoms with E-state index in [4.69, 9.17) is 11.6 Å². The number of aromatic nitrogens is 2. The molecule has 5 nitrogen and oxygen atoms in total. The summed E-state index contributed by atoms with van der Waals surface area (Å²) in [7, 11) is 0. The summed E-state index contributed by atoms with van der Waals surface area (Å²) in [4.78, 5) is 19.0. The zero-order valence-electron chi connectivity index (χ0n) is 11.6. The zero-order valence-corrected chi connectivity index (χ0v) is 12.4.